The Morgan fingerprint density at radius 1 is 0.900 bits per heavy atom. The van der Waals surface area contributed by atoms with Crippen molar-refractivity contribution in [2.75, 3.05) is 25.7 Å². The summed E-state index contributed by atoms with van der Waals surface area (Å²) in [7, 11) is 2.40. The van der Waals surface area contributed by atoms with E-state index in [0.717, 1.165) is 23.6 Å². The molecule has 40 heavy (non-hydrogen) atoms. The van der Waals surface area contributed by atoms with E-state index in [1.54, 1.807) is 0 Å². The third-order valence-corrected chi connectivity index (χ3v) is 15.9. The van der Waals surface area contributed by atoms with E-state index in [1.165, 1.54) is 33.3 Å². The first-order valence-corrected chi connectivity index (χ1v) is 16.9. The predicted octanol–water partition coefficient (Wildman–Crippen LogP) is 8.32. The number of rotatable bonds is 7. The molecule has 2 aromatic heterocycles. The van der Waals surface area contributed by atoms with Gasteiger partial charge in [0.2, 0.25) is 0 Å². The van der Waals surface area contributed by atoms with Crippen LogP contribution in [0.5, 0.6) is 0 Å². The summed E-state index contributed by atoms with van der Waals surface area (Å²) in [4.78, 5) is 14.6. The summed E-state index contributed by atoms with van der Waals surface area (Å²) >= 11 is 0. The average Bonchev–Trinajstić information content (AvgIpc) is 3.33. The van der Waals surface area contributed by atoms with Gasteiger partial charge < -0.3 is 14.0 Å². The number of amidine groups is 1. The van der Waals surface area contributed by atoms with Crippen molar-refractivity contribution in [1.82, 2.24) is 14.1 Å². The van der Waals surface area contributed by atoms with E-state index in [2.05, 4.69) is 144 Å². The molecular formula is C34H45N5Si. The highest BCUT2D eigenvalue weighted by molar-refractivity contribution is 6.82. The molecule has 0 radical (unpaired) electrons. The second-order valence-corrected chi connectivity index (χ2v) is 18.2. The monoisotopic (exact) mass is 551 g/mol. The zero-order valence-corrected chi connectivity index (χ0v) is 26.7. The van der Waals surface area contributed by atoms with Crippen LogP contribution in [0.3, 0.4) is 0 Å². The highest BCUT2D eigenvalue weighted by atomic mass is 28.3. The summed E-state index contributed by atoms with van der Waals surface area (Å²) in [6.45, 7) is 18.1. The fourth-order valence-corrected chi connectivity index (χ4v) is 13.9. The lowest BCUT2D eigenvalue weighted by molar-refractivity contribution is 0.496. The second kappa shape index (κ2) is 10.9. The molecule has 2 aromatic carbocycles. The third kappa shape index (κ3) is 4.66. The molecule has 0 fully saturated rings. The molecule has 4 aromatic rings. The Kier molecular flexibility index (Phi) is 7.66. The Morgan fingerprint density at radius 2 is 1.60 bits per heavy atom. The highest BCUT2D eigenvalue weighted by Gasteiger charge is 2.46. The SMILES string of the molecule is Cc1ccccc1CN(C)C1=NCN(C)c2ccc(-c3cnc4c(ccn4[Si](C(C)C)(C(C)C)C(C)C)c3)cc21. The maximum Gasteiger partial charge on any atom is 0.171 e. The Morgan fingerprint density at radius 3 is 2.27 bits per heavy atom. The van der Waals surface area contributed by atoms with Crippen molar-refractivity contribution in [3.8, 4) is 11.1 Å². The van der Waals surface area contributed by atoms with Crippen molar-refractivity contribution in [3.63, 3.8) is 0 Å². The zero-order chi connectivity index (χ0) is 28.8. The number of benzene rings is 2. The predicted molar refractivity (Wildman–Crippen MR) is 174 cm³/mol. The summed E-state index contributed by atoms with van der Waals surface area (Å²) < 4.78 is 2.60. The number of hydrogen-bond donors (Lipinski definition) is 0. The maximum absolute atomic E-state index is 5.12. The molecule has 1 aliphatic rings. The minimum absolute atomic E-state index is 0.622. The van der Waals surface area contributed by atoms with Gasteiger partial charge >= 0.3 is 0 Å². The van der Waals surface area contributed by atoms with Crippen molar-refractivity contribution >= 4 is 30.8 Å². The standard InChI is InChI=1S/C34H45N5Si/c1-23(2)40(24(3)4,25(5)6)39-17-16-28-18-30(20-35-33(28)39)27-14-15-32-31(19-27)34(36-22-38(32)9)37(8)21-29-13-11-10-12-26(29)7/h10-20,23-25H,21-22H2,1-9H3. The van der Waals surface area contributed by atoms with E-state index < -0.39 is 8.24 Å². The van der Waals surface area contributed by atoms with Crippen molar-refractivity contribution in [3.05, 3.63) is 83.7 Å². The number of pyridine rings is 1. The Labute approximate surface area is 241 Å². The topological polar surface area (TPSA) is 36.7 Å². The van der Waals surface area contributed by atoms with Crippen molar-refractivity contribution in [2.24, 2.45) is 4.99 Å². The van der Waals surface area contributed by atoms with Crippen LogP contribution < -0.4 is 4.90 Å². The van der Waals surface area contributed by atoms with Gasteiger partial charge in [-0.05, 0) is 70.7 Å². The Hall–Kier alpha value is -3.38. The van der Waals surface area contributed by atoms with Crippen LogP contribution in [0, 0.1) is 6.92 Å². The van der Waals surface area contributed by atoms with Gasteiger partial charge in [-0.15, -0.1) is 0 Å². The molecule has 0 saturated carbocycles. The molecule has 0 spiro atoms. The number of aliphatic imine (C=N–C) groups is 1. The molecule has 0 saturated heterocycles. The van der Waals surface area contributed by atoms with Crippen molar-refractivity contribution in [1.29, 1.82) is 0 Å². The molecule has 0 unspecified atom stereocenters. The maximum atomic E-state index is 5.12. The molecule has 6 heteroatoms. The zero-order valence-electron chi connectivity index (χ0n) is 25.7. The van der Waals surface area contributed by atoms with Gasteiger partial charge in [-0.3, -0.25) is 0 Å². The molecule has 5 rings (SSSR count). The Balaban J connectivity index is 1.53. The summed E-state index contributed by atoms with van der Waals surface area (Å²) in [6.07, 6.45) is 4.39. The molecular weight excluding hydrogens is 506 g/mol. The summed E-state index contributed by atoms with van der Waals surface area (Å²) in [6, 6.07) is 20.0. The first-order chi connectivity index (χ1) is 19.0. The molecule has 5 nitrogen and oxygen atoms in total. The molecule has 1 aliphatic heterocycles. The van der Waals surface area contributed by atoms with E-state index in [-0.39, 0.29) is 0 Å². The van der Waals surface area contributed by atoms with Crippen LogP contribution in [0.15, 0.2) is 72.0 Å². The Bertz CT molecular complexity index is 1530. The largest absolute Gasteiger partial charge is 0.359 e. The van der Waals surface area contributed by atoms with Gasteiger partial charge in [0.15, 0.2) is 8.24 Å². The van der Waals surface area contributed by atoms with Gasteiger partial charge in [0, 0.05) is 49.0 Å². The smallest absolute Gasteiger partial charge is 0.171 e. The molecule has 0 amide bonds. The fraction of sp³-hybridized carbons (Fsp3) is 0.412. The number of nitrogens with zero attached hydrogens (tertiary/aromatic N) is 5. The molecule has 0 N–H and O–H groups in total. The molecule has 0 aliphatic carbocycles. The number of aryl methyl sites for hydroxylation is 1. The second-order valence-electron chi connectivity index (χ2n) is 12.5. The van der Waals surface area contributed by atoms with Gasteiger partial charge in [0.25, 0.3) is 0 Å². The van der Waals surface area contributed by atoms with Crippen LogP contribution in [-0.2, 0) is 6.54 Å². The summed E-state index contributed by atoms with van der Waals surface area (Å²) in [5, 5.41) is 1.22. The van der Waals surface area contributed by atoms with Crippen LogP contribution in [0.4, 0.5) is 5.69 Å². The van der Waals surface area contributed by atoms with Crippen LogP contribution >= 0.6 is 0 Å². The first kappa shape index (κ1) is 28.2. The minimum Gasteiger partial charge on any atom is -0.359 e. The molecule has 210 valence electrons. The molecule has 0 bridgehead atoms. The van der Waals surface area contributed by atoms with Gasteiger partial charge in [-0.25, -0.2) is 9.98 Å². The number of aromatic nitrogens is 2. The fourth-order valence-electron chi connectivity index (χ4n) is 7.34. The summed E-state index contributed by atoms with van der Waals surface area (Å²) in [5.74, 6) is 1.04. The molecule has 0 atom stereocenters. The van der Waals surface area contributed by atoms with Gasteiger partial charge in [0.1, 0.15) is 18.2 Å². The van der Waals surface area contributed by atoms with Crippen LogP contribution in [0.1, 0.15) is 58.2 Å². The van der Waals surface area contributed by atoms with E-state index >= 15 is 0 Å². The quantitative estimate of drug-likeness (QED) is 0.217. The lowest BCUT2D eigenvalue weighted by atomic mass is 10.00. The van der Waals surface area contributed by atoms with Crippen molar-refractivity contribution < 1.29 is 0 Å². The highest BCUT2D eigenvalue weighted by Crippen LogP contribution is 2.44. The van der Waals surface area contributed by atoms with Gasteiger partial charge in [-0.2, -0.15) is 0 Å². The lowest BCUT2D eigenvalue weighted by Crippen LogP contribution is -2.51. The van der Waals surface area contributed by atoms with E-state index in [4.69, 9.17) is 9.98 Å². The number of fused-ring (bicyclic) bond motifs is 2. The number of anilines is 1. The van der Waals surface area contributed by atoms with E-state index in [1.807, 2.05) is 0 Å². The first-order valence-electron chi connectivity index (χ1n) is 14.7. The average molecular weight is 552 g/mol. The van der Waals surface area contributed by atoms with Gasteiger partial charge in [0.05, 0.1) is 0 Å². The summed E-state index contributed by atoms with van der Waals surface area (Å²) in [5.41, 5.74) is 10.3. The lowest BCUT2D eigenvalue weighted by Gasteiger charge is -2.44. The number of hydrogen-bond acceptors (Lipinski definition) is 4. The van der Waals surface area contributed by atoms with Crippen LogP contribution in [0.2, 0.25) is 16.6 Å². The van der Waals surface area contributed by atoms with Crippen molar-refractivity contribution in [2.45, 2.75) is 71.6 Å². The van der Waals surface area contributed by atoms with E-state index in [0.29, 0.717) is 23.3 Å². The minimum atomic E-state index is -1.87. The molecule has 3 heterocycles. The normalized spacial score (nSPS) is 13.9. The van der Waals surface area contributed by atoms with E-state index in [9.17, 15) is 0 Å². The third-order valence-electron chi connectivity index (χ3n) is 9.16. The van der Waals surface area contributed by atoms with Gasteiger partial charge in [-0.1, -0.05) is 71.9 Å². The van der Waals surface area contributed by atoms with Crippen LogP contribution in [0.25, 0.3) is 22.2 Å². The van der Waals surface area contributed by atoms with Crippen LogP contribution in [-0.4, -0.2) is 49.0 Å².